The number of carbonyl (C=O) groups excluding carboxylic acids is 2. The fourth-order valence-corrected chi connectivity index (χ4v) is 3.13. The van der Waals surface area contributed by atoms with E-state index in [1.807, 2.05) is 63.2 Å². The van der Waals surface area contributed by atoms with Gasteiger partial charge in [-0.1, -0.05) is 12.1 Å². The molecule has 1 N–H and O–H groups in total. The molecule has 136 valence electrons. The average molecular weight is 352 g/mol. The molecule has 5 heteroatoms. The number of aryl methyl sites for hydroxylation is 2. The van der Waals surface area contributed by atoms with Crippen LogP contribution in [0.1, 0.15) is 24.5 Å². The molecule has 2 aromatic carbocycles. The van der Waals surface area contributed by atoms with Crippen LogP contribution >= 0.6 is 0 Å². The summed E-state index contributed by atoms with van der Waals surface area (Å²) in [5.41, 5.74) is 3.70. The molecule has 1 heterocycles. The molecule has 2 aromatic rings. The average Bonchev–Trinajstić information content (AvgIpc) is 3.01. The molecule has 2 amide bonds. The number of rotatable bonds is 5. The monoisotopic (exact) mass is 352 g/mol. The van der Waals surface area contributed by atoms with Crippen LogP contribution in [0.3, 0.4) is 0 Å². The van der Waals surface area contributed by atoms with Crippen molar-refractivity contribution in [2.75, 3.05) is 23.4 Å². The van der Waals surface area contributed by atoms with Crippen molar-refractivity contribution < 1.29 is 14.3 Å². The van der Waals surface area contributed by atoms with Gasteiger partial charge in [0, 0.05) is 24.3 Å². The molecule has 0 spiro atoms. The number of hydrogen-bond donors (Lipinski definition) is 1. The number of carbonyl (C=O) groups is 2. The SMILES string of the molecule is CCOc1ccc(N2C[C@H](C(=O)Nc3cc(C)ccc3C)CC2=O)cc1. The highest BCUT2D eigenvalue weighted by molar-refractivity contribution is 6.03. The van der Waals surface area contributed by atoms with Gasteiger partial charge in [-0.05, 0) is 62.2 Å². The highest BCUT2D eigenvalue weighted by Crippen LogP contribution is 2.28. The van der Waals surface area contributed by atoms with E-state index in [9.17, 15) is 9.59 Å². The fraction of sp³-hybridized carbons (Fsp3) is 0.333. The molecule has 0 radical (unpaired) electrons. The molecule has 26 heavy (non-hydrogen) atoms. The predicted molar refractivity (Wildman–Crippen MR) is 103 cm³/mol. The largest absolute Gasteiger partial charge is 0.494 e. The minimum Gasteiger partial charge on any atom is -0.494 e. The Labute approximate surface area is 154 Å². The minimum absolute atomic E-state index is 0.0322. The Morgan fingerprint density at radius 1 is 1.19 bits per heavy atom. The molecule has 5 nitrogen and oxygen atoms in total. The summed E-state index contributed by atoms with van der Waals surface area (Å²) in [4.78, 5) is 26.7. The second-order valence-corrected chi connectivity index (χ2v) is 6.64. The fourth-order valence-electron chi connectivity index (χ4n) is 3.13. The van der Waals surface area contributed by atoms with Gasteiger partial charge in [-0.15, -0.1) is 0 Å². The third kappa shape index (κ3) is 3.87. The summed E-state index contributed by atoms with van der Waals surface area (Å²) < 4.78 is 5.43. The third-order valence-corrected chi connectivity index (χ3v) is 4.61. The molecule has 1 saturated heterocycles. The lowest BCUT2D eigenvalue weighted by molar-refractivity contribution is -0.122. The van der Waals surface area contributed by atoms with Crippen molar-refractivity contribution in [3.8, 4) is 5.75 Å². The van der Waals surface area contributed by atoms with Gasteiger partial charge in [0.05, 0.1) is 12.5 Å². The number of anilines is 2. The van der Waals surface area contributed by atoms with E-state index in [2.05, 4.69) is 5.32 Å². The highest BCUT2D eigenvalue weighted by Gasteiger charge is 2.35. The van der Waals surface area contributed by atoms with Crippen LogP contribution < -0.4 is 15.0 Å². The second-order valence-electron chi connectivity index (χ2n) is 6.64. The standard InChI is InChI=1S/C21H24N2O3/c1-4-26-18-9-7-17(8-10-18)23-13-16(12-20(23)24)21(25)22-19-11-14(2)5-6-15(19)3/h5-11,16H,4,12-13H2,1-3H3,(H,22,25)/t16-/m1/s1. The van der Waals surface area contributed by atoms with E-state index in [-0.39, 0.29) is 24.2 Å². The summed E-state index contributed by atoms with van der Waals surface area (Å²) >= 11 is 0. The van der Waals surface area contributed by atoms with E-state index < -0.39 is 0 Å². The van der Waals surface area contributed by atoms with Crippen molar-refractivity contribution in [1.29, 1.82) is 0 Å². The predicted octanol–water partition coefficient (Wildman–Crippen LogP) is 3.69. The maximum absolute atomic E-state index is 12.6. The van der Waals surface area contributed by atoms with E-state index in [1.165, 1.54) is 0 Å². The molecule has 0 unspecified atom stereocenters. The van der Waals surface area contributed by atoms with Crippen molar-refractivity contribution in [2.45, 2.75) is 27.2 Å². The third-order valence-electron chi connectivity index (χ3n) is 4.61. The van der Waals surface area contributed by atoms with E-state index in [0.717, 1.165) is 28.3 Å². The normalized spacial score (nSPS) is 16.7. The molecule has 0 aromatic heterocycles. The maximum atomic E-state index is 12.6. The van der Waals surface area contributed by atoms with Crippen LogP contribution in [0.5, 0.6) is 5.75 Å². The van der Waals surface area contributed by atoms with Gasteiger partial charge in [-0.2, -0.15) is 0 Å². The Morgan fingerprint density at radius 2 is 1.92 bits per heavy atom. The zero-order valence-corrected chi connectivity index (χ0v) is 15.4. The summed E-state index contributed by atoms with van der Waals surface area (Å²) in [5, 5.41) is 2.97. The Hall–Kier alpha value is -2.82. The number of amides is 2. The second kappa shape index (κ2) is 7.60. The first-order valence-electron chi connectivity index (χ1n) is 8.89. The lowest BCUT2D eigenvalue weighted by atomic mass is 10.1. The van der Waals surface area contributed by atoms with Crippen LogP contribution in [-0.4, -0.2) is 25.0 Å². The number of nitrogens with zero attached hydrogens (tertiary/aromatic N) is 1. The smallest absolute Gasteiger partial charge is 0.229 e. The zero-order chi connectivity index (χ0) is 18.7. The molecular formula is C21H24N2O3. The van der Waals surface area contributed by atoms with Gasteiger partial charge in [0.1, 0.15) is 5.75 Å². The van der Waals surface area contributed by atoms with Crippen molar-refractivity contribution in [2.24, 2.45) is 5.92 Å². The van der Waals surface area contributed by atoms with E-state index in [0.29, 0.717) is 13.2 Å². The molecule has 1 aliphatic heterocycles. The Kier molecular flexibility index (Phi) is 5.26. The van der Waals surface area contributed by atoms with Crippen molar-refractivity contribution in [1.82, 2.24) is 0 Å². The molecule has 1 aliphatic rings. The Balaban J connectivity index is 1.68. The van der Waals surface area contributed by atoms with Crippen molar-refractivity contribution in [3.63, 3.8) is 0 Å². The summed E-state index contributed by atoms with van der Waals surface area (Å²) in [6.45, 7) is 6.87. The minimum atomic E-state index is -0.353. The first-order chi connectivity index (χ1) is 12.5. The lowest BCUT2D eigenvalue weighted by Crippen LogP contribution is -2.28. The van der Waals surface area contributed by atoms with Crippen LogP contribution in [0.15, 0.2) is 42.5 Å². The number of benzene rings is 2. The van der Waals surface area contributed by atoms with E-state index >= 15 is 0 Å². The van der Waals surface area contributed by atoms with Gasteiger partial charge in [-0.25, -0.2) is 0 Å². The lowest BCUT2D eigenvalue weighted by Gasteiger charge is -2.17. The summed E-state index contributed by atoms with van der Waals surface area (Å²) in [6, 6.07) is 13.3. The number of hydrogen-bond acceptors (Lipinski definition) is 3. The molecule has 0 saturated carbocycles. The summed E-state index contributed by atoms with van der Waals surface area (Å²) in [5.74, 6) is 0.275. The number of nitrogens with one attached hydrogen (secondary N) is 1. The molecule has 3 rings (SSSR count). The van der Waals surface area contributed by atoms with Crippen LogP contribution in [0.4, 0.5) is 11.4 Å². The van der Waals surface area contributed by atoms with E-state index in [4.69, 9.17) is 4.74 Å². The van der Waals surface area contributed by atoms with Gasteiger partial charge in [0.2, 0.25) is 11.8 Å². The summed E-state index contributed by atoms with van der Waals surface area (Å²) in [6.07, 6.45) is 0.226. The quantitative estimate of drug-likeness (QED) is 0.893. The highest BCUT2D eigenvalue weighted by atomic mass is 16.5. The molecule has 0 bridgehead atoms. The first-order valence-corrected chi connectivity index (χ1v) is 8.89. The van der Waals surface area contributed by atoms with Crippen LogP contribution in [-0.2, 0) is 9.59 Å². The first kappa shape index (κ1) is 18.0. The van der Waals surface area contributed by atoms with Crippen molar-refractivity contribution in [3.05, 3.63) is 53.6 Å². The molecular weight excluding hydrogens is 328 g/mol. The van der Waals surface area contributed by atoms with Gasteiger partial charge >= 0.3 is 0 Å². The van der Waals surface area contributed by atoms with Crippen LogP contribution in [0.25, 0.3) is 0 Å². The molecule has 1 fully saturated rings. The van der Waals surface area contributed by atoms with Gasteiger partial charge in [-0.3, -0.25) is 9.59 Å². The maximum Gasteiger partial charge on any atom is 0.229 e. The van der Waals surface area contributed by atoms with Crippen molar-refractivity contribution >= 4 is 23.2 Å². The van der Waals surface area contributed by atoms with E-state index in [1.54, 1.807) is 4.90 Å². The topological polar surface area (TPSA) is 58.6 Å². The van der Waals surface area contributed by atoms with Gasteiger partial charge in [0.25, 0.3) is 0 Å². The van der Waals surface area contributed by atoms with Gasteiger partial charge < -0.3 is 15.0 Å². The van der Waals surface area contributed by atoms with Crippen LogP contribution in [0.2, 0.25) is 0 Å². The number of ether oxygens (including phenoxy) is 1. The Bertz CT molecular complexity index is 815. The Morgan fingerprint density at radius 3 is 2.62 bits per heavy atom. The van der Waals surface area contributed by atoms with Gasteiger partial charge in [0.15, 0.2) is 0 Å². The molecule has 0 aliphatic carbocycles. The molecule has 1 atom stereocenters. The van der Waals surface area contributed by atoms with Crippen LogP contribution in [0, 0.1) is 19.8 Å². The summed E-state index contributed by atoms with van der Waals surface area (Å²) in [7, 11) is 0. The zero-order valence-electron chi connectivity index (χ0n) is 15.4.